The third-order valence-electron chi connectivity index (χ3n) is 5.27. The van der Waals surface area contributed by atoms with Crippen molar-refractivity contribution >= 4 is 23.2 Å². The van der Waals surface area contributed by atoms with E-state index in [0.717, 1.165) is 25.2 Å². The summed E-state index contributed by atoms with van der Waals surface area (Å²) in [4.78, 5) is 20.8. The average molecular weight is 343 g/mol. The zero-order chi connectivity index (χ0) is 16.8. The Morgan fingerprint density at radius 3 is 2.92 bits per heavy atom. The summed E-state index contributed by atoms with van der Waals surface area (Å²) in [7, 11) is 2.24. The quantitative estimate of drug-likeness (QED) is 0.806. The second-order valence-electron chi connectivity index (χ2n) is 6.98. The molecule has 0 radical (unpaired) electrons. The summed E-state index contributed by atoms with van der Waals surface area (Å²) in [6, 6.07) is 10.1. The van der Waals surface area contributed by atoms with E-state index >= 15 is 0 Å². The Bertz CT molecular complexity index is 790. The third kappa shape index (κ3) is 2.50. The summed E-state index contributed by atoms with van der Waals surface area (Å²) in [5.41, 5.74) is 4.22. The van der Waals surface area contributed by atoms with E-state index in [0.29, 0.717) is 16.6 Å². The van der Waals surface area contributed by atoms with Crippen molar-refractivity contribution < 1.29 is 9.69 Å². The number of rotatable bonds is 1. The van der Waals surface area contributed by atoms with E-state index in [4.69, 9.17) is 11.6 Å². The number of aryl methyl sites for hydroxylation is 1. The first-order valence-electron chi connectivity index (χ1n) is 8.41. The molecule has 3 atom stereocenters. The molecule has 4 rings (SSSR count). The van der Waals surface area contributed by atoms with Crippen LogP contribution in [0.3, 0.4) is 0 Å². The minimum absolute atomic E-state index is 0.0244. The van der Waals surface area contributed by atoms with Crippen LogP contribution in [0.25, 0.3) is 0 Å². The average Bonchev–Trinajstić information content (AvgIpc) is 2.88. The Labute approximate surface area is 147 Å². The molecule has 5 heteroatoms. The number of nitrogens with one attached hydrogen (secondary N) is 1. The van der Waals surface area contributed by atoms with Gasteiger partial charge in [0.2, 0.25) is 0 Å². The van der Waals surface area contributed by atoms with E-state index in [-0.39, 0.29) is 11.9 Å². The van der Waals surface area contributed by atoms with E-state index in [9.17, 15) is 4.79 Å². The summed E-state index contributed by atoms with van der Waals surface area (Å²) in [5.74, 6) is 0.439. The number of likely N-dealkylation sites (tertiary alicyclic amines) is 1. The highest BCUT2D eigenvalue weighted by Gasteiger charge is 2.45. The highest BCUT2D eigenvalue weighted by atomic mass is 35.5. The van der Waals surface area contributed by atoms with Crippen LogP contribution in [0.5, 0.6) is 0 Å². The molecule has 1 fully saturated rings. The molecular weight excluding hydrogens is 322 g/mol. The molecule has 0 saturated carbocycles. The topological polar surface area (TPSA) is 37.6 Å². The summed E-state index contributed by atoms with van der Waals surface area (Å²) in [6.07, 6.45) is 2.60. The third-order valence-corrected chi connectivity index (χ3v) is 5.49. The number of piperidine rings is 1. The van der Waals surface area contributed by atoms with Gasteiger partial charge in [-0.2, -0.15) is 0 Å². The van der Waals surface area contributed by atoms with Crippen molar-refractivity contribution in [1.82, 2.24) is 4.98 Å². The van der Waals surface area contributed by atoms with Crippen molar-refractivity contribution in [2.24, 2.45) is 0 Å². The molecule has 0 bridgehead atoms. The highest BCUT2D eigenvalue weighted by molar-refractivity contribution is 6.29. The van der Waals surface area contributed by atoms with Crippen LogP contribution >= 0.6 is 11.6 Å². The van der Waals surface area contributed by atoms with Gasteiger partial charge in [0.15, 0.2) is 0 Å². The molecule has 2 aliphatic rings. The fourth-order valence-electron chi connectivity index (χ4n) is 4.11. The highest BCUT2D eigenvalue weighted by Crippen LogP contribution is 2.43. The van der Waals surface area contributed by atoms with Gasteiger partial charge in [0.25, 0.3) is 5.91 Å². The van der Waals surface area contributed by atoms with Crippen LogP contribution in [0.1, 0.15) is 33.8 Å². The maximum absolute atomic E-state index is 13.2. The van der Waals surface area contributed by atoms with Crippen LogP contribution < -0.4 is 9.80 Å². The standard InChI is InChI=1S/C19H20ClN3O/c1-12-3-5-16-14(9-12)15-11-22(2)8-7-17(15)23(16)19(24)13-4-6-18(20)21-10-13/h3-6,9-10,15,17H,7-8,11H2,1-2H3/p+1/t15-,17-/m0/s1. The monoisotopic (exact) mass is 342 g/mol. The van der Waals surface area contributed by atoms with E-state index in [1.807, 2.05) is 4.90 Å². The van der Waals surface area contributed by atoms with Crippen LogP contribution in [0, 0.1) is 6.92 Å². The van der Waals surface area contributed by atoms with Gasteiger partial charge in [-0.15, -0.1) is 0 Å². The maximum atomic E-state index is 13.2. The fourth-order valence-corrected chi connectivity index (χ4v) is 4.22. The predicted molar refractivity (Wildman–Crippen MR) is 95.0 cm³/mol. The number of halogens is 1. The second kappa shape index (κ2) is 5.87. The normalized spacial score (nSPS) is 25.3. The number of hydrogen-bond donors (Lipinski definition) is 1. The predicted octanol–water partition coefficient (Wildman–Crippen LogP) is 2.07. The van der Waals surface area contributed by atoms with E-state index in [1.165, 1.54) is 16.0 Å². The van der Waals surface area contributed by atoms with Crippen molar-refractivity contribution in [2.75, 3.05) is 25.0 Å². The molecule has 1 aromatic heterocycles. The molecule has 2 aromatic rings. The van der Waals surface area contributed by atoms with Gasteiger partial charge in [-0.3, -0.25) is 4.79 Å². The number of benzene rings is 1. The second-order valence-corrected chi connectivity index (χ2v) is 7.37. The molecule has 4 nitrogen and oxygen atoms in total. The van der Waals surface area contributed by atoms with Crippen molar-refractivity contribution in [1.29, 1.82) is 0 Å². The molecule has 3 heterocycles. The number of quaternary nitrogens is 1. The van der Waals surface area contributed by atoms with Gasteiger partial charge in [0.1, 0.15) is 5.15 Å². The molecule has 24 heavy (non-hydrogen) atoms. The number of carbonyl (C=O) groups excluding carboxylic acids is 1. The fraction of sp³-hybridized carbons (Fsp3) is 0.368. The van der Waals surface area contributed by atoms with Crippen LogP contribution in [-0.2, 0) is 0 Å². The first kappa shape index (κ1) is 15.6. The number of amides is 1. The minimum atomic E-state index is 0.0244. The number of carbonyl (C=O) groups is 1. The molecule has 2 aliphatic heterocycles. The molecule has 124 valence electrons. The number of nitrogens with zero attached hydrogens (tertiary/aromatic N) is 2. The zero-order valence-electron chi connectivity index (χ0n) is 13.9. The number of fused-ring (bicyclic) bond motifs is 3. The smallest absolute Gasteiger partial charge is 0.260 e. The number of likely N-dealkylation sites (N-methyl/N-ethyl adjacent to an activating group) is 1. The van der Waals surface area contributed by atoms with Crippen LogP contribution in [0.4, 0.5) is 5.69 Å². The number of hydrogen-bond acceptors (Lipinski definition) is 2. The molecule has 0 spiro atoms. The van der Waals surface area contributed by atoms with Crippen molar-refractivity contribution in [3.63, 3.8) is 0 Å². The zero-order valence-corrected chi connectivity index (χ0v) is 14.7. The summed E-state index contributed by atoms with van der Waals surface area (Å²) in [5, 5.41) is 0.407. The van der Waals surface area contributed by atoms with Crippen molar-refractivity contribution in [3.8, 4) is 0 Å². The van der Waals surface area contributed by atoms with E-state index < -0.39 is 0 Å². The van der Waals surface area contributed by atoms with E-state index in [2.05, 4.69) is 37.2 Å². The van der Waals surface area contributed by atoms with Gasteiger partial charge in [-0.05, 0) is 30.7 Å². The van der Waals surface area contributed by atoms with Gasteiger partial charge in [0.05, 0.1) is 37.7 Å². The van der Waals surface area contributed by atoms with Gasteiger partial charge in [0, 0.05) is 18.3 Å². The van der Waals surface area contributed by atoms with Crippen molar-refractivity contribution in [3.05, 3.63) is 58.4 Å². The lowest BCUT2D eigenvalue weighted by Crippen LogP contribution is -3.11. The van der Waals surface area contributed by atoms with Crippen LogP contribution in [0.2, 0.25) is 5.15 Å². The van der Waals surface area contributed by atoms with E-state index in [1.54, 1.807) is 18.3 Å². The molecule has 1 amide bonds. The SMILES string of the molecule is Cc1ccc2c(c1)[C@@H]1C[NH+](C)CC[C@@H]1N2C(=O)c1ccc(Cl)nc1. The molecule has 1 saturated heterocycles. The maximum Gasteiger partial charge on any atom is 0.260 e. The first-order chi connectivity index (χ1) is 11.5. The Hall–Kier alpha value is -1.91. The lowest BCUT2D eigenvalue weighted by atomic mass is 9.89. The number of pyridine rings is 1. The number of aromatic nitrogens is 1. The van der Waals surface area contributed by atoms with Crippen LogP contribution in [-0.4, -0.2) is 37.1 Å². The molecule has 1 unspecified atom stereocenters. The van der Waals surface area contributed by atoms with Crippen LogP contribution in [0.15, 0.2) is 36.5 Å². The van der Waals surface area contributed by atoms with Gasteiger partial charge in [-0.25, -0.2) is 4.98 Å². The van der Waals surface area contributed by atoms with Gasteiger partial charge >= 0.3 is 0 Å². The summed E-state index contributed by atoms with van der Waals surface area (Å²) < 4.78 is 0. The number of anilines is 1. The summed E-state index contributed by atoms with van der Waals surface area (Å²) in [6.45, 7) is 4.28. The molecule has 0 aliphatic carbocycles. The first-order valence-corrected chi connectivity index (χ1v) is 8.79. The van der Waals surface area contributed by atoms with Gasteiger partial charge < -0.3 is 9.80 Å². The lowest BCUT2D eigenvalue weighted by Gasteiger charge is -2.34. The van der Waals surface area contributed by atoms with Gasteiger partial charge in [-0.1, -0.05) is 29.3 Å². The van der Waals surface area contributed by atoms with Crippen molar-refractivity contribution in [2.45, 2.75) is 25.3 Å². The Kier molecular flexibility index (Phi) is 3.82. The molecule has 1 N–H and O–H groups in total. The lowest BCUT2D eigenvalue weighted by molar-refractivity contribution is -0.886. The Morgan fingerprint density at radius 1 is 1.33 bits per heavy atom. The molecule has 1 aromatic carbocycles. The minimum Gasteiger partial charge on any atom is -0.337 e. The Balaban J connectivity index is 1.77. The Morgan fingerprint density at radius 2 is 2.17 bits per heavy atom. The summed E-state index contributed by atoms with van der Waals surface area (Å²) >= 11 is 5.86. The molecular formula is C19H21ClN3O+. The largest absolute Gasteiger partial charge is 0.337 e.